The number of anilines is 2. The van der Waals surface area contributed by atoms with Crippen molar-refractivity contribution in [1.82, 2.24) is 20.2 Å². The van der Waals surface area contributed by atoms with Gasteiger partial charge in [-0.05, 0) is 23.8 Å². The lowest BCUT2D eigenvalue weighted by atomic mass is 10.1. The zero-order valence-electron chi connectivity index (χ0n) is 17.3. The first-order chi connectivity index (χ1) is 14.1. The molecular formula is C21H29N7O. The molecule has 1 aliphatic rings. The van der Waals surface area contributed by atoms with Gasteiger partial charge in [-0.2, -0.15) is 0 Å². The van der Waals surface area contributed by atoms with Crippen molar-refractivity contribution in [3.05, 3.63) is 48.3 Å². The Balaban J connectivity index is 1.49. The molecule has 0 bridgehead atoms. The smallest absolute Gasteiger partial charge is 0.226 e. The molecule has 0 unspecified atom stereocenters. The molecular weight excluding hydrogens is 366 g/mol. The molecule has 0 aliphatic carbocycles. The summed E-state index contributed by atoms with van der Waals surface area (Å²) >= 11 is 0. The minimum Gasteiger partial charge on any atom is -0.352 e. The fourth-order valence-corrected chi connectivity index (χ4v) is 3.08. The Kier molecular flexibility index (Phi) is 6.99. The van der Waals surface area contributed by atoms with Crippen LogP contribution in [0.1, 0.15) is 19.4 Å². The zero-order chi connectivity index (χ0) is 20.6. The molecule has 1 aromatic heterocycles. The average Bonchev–Trinajstić information content (AvgIpc) is 2.76. The molecule has 0 atom stereocenters. The monoisotopic (exact) mass is 395 g/mol. The maximum absolute atomic E-state index is 11.8. The summed E-state index contributed by atoms with van der Waals surface area (Å²) in [6, 6.07) is 9.72. The number of amides is 1. The van der Waals surface area contributed by atoms with Crippen molar-refractivity contribution in [2.45, 2.75) is 20.4 Å². The summed E-state index contributed by atoms with van der Waals surface area (Å²) in [7, 11) is 1.81. The van der Waals surface area contributed by atoms with Crippen LogP contribution < -0.4 is 15.5 Å². The van der Waals surface area contributed by atoms with E-state index in [0.29, 0.717) is 6.54 Å². The van der Waals surface area contributed by atoms with Crippen LogP contribution in [-0.2, 0) is 11.3 Å². The van der Waals surface area contributed by atoms with Crippen molar-refractivity contribution in [3.8, 4) is 0 Å². The van der Waals surface area contributed by atoms with Gasteiger partial charge in [0.1, 0.15) is 0 Å². The van der Waals surface area contributed by atoms with Gasteiger partial charge in [0.05, 0.1) is 0 Å². The Labute approximate surface area is 172 Å². The number of hydrogen-bond donors (Lipinski definition) is 2. The van der Waals surface area contributed by atoms with E-state index in [-0.39, 0.29) is 11.8 Å². The molecule has 29 heavy (non-hydrogen) atoms. The van der Waals surface area contributed by atoms with Gasteiger partial charge in [0.25, 0.3) is 0 Å². The first-order valence-electron chi connectivity index (χ1n) is 9.94. The predicted octanol–water partition coefficient (Wildman–Crippen LogP) is 1.97. The standard InChI is InChI=1S/C21H29N7O/c1-16(2)19(29)26-18-7-5-17(6-8-18)15-25-20(22-3)27-11-13-28(14-12-27)21-23-9-4-10-24-21/h4-10,16H,11-15H2,1-3H3,(H,22,25)(H,26,29). The van der Waals surface area contributed by atoms with Gasteiger partial charge in [-0.3, -0.25) is 9.79 Å². The van der Waals surface area contributed by atoms with Crippen LogP contribution in [-0.4, -0.2) is 60.0 Å². The largest absolute Gasteiger partial charge is 0.352 e. The van der Waals surface area contributed by atoms with Crippen molar-refractivity contribution >= 4 is 23.5 Å². The van der Waals surface area contributed by atoms with Gasteiger partial charge in [0.15, 0.2) is 5.96 Å². The number of nitrogens with zero attached hydrogens (tertiary/aromatic N) is 5. The Morgan fingerprint density at radius 1 is 1.10 bits per heavy atom. The van der Waals surface area contributed by atoms with Crippen LogP contribution in [0.25, 0.3) is 0 Å². The quantitative estimate of drug-likeness (QED) is 0.595. The Morgan fingerprint density at radius 2 is 1.76 bits per heavy atom. The number of rotatable bonds is 5. The fraction of sp³-hybridized carbons (Fsp3) is 0.429. The number of guanidine groups is 1. The molecule has 3 rings (SSSR count). The lowest BCUT2D eigenvalue weighted by Gasteiger charge is -2.36. The maximum Gasteiger partial charge on any atom is 0.226 e. The van der Waals surface area contributed by atoms with E-state index in [2.05, 4.69) is 35.4 Å². The van der Waals surface area contributed by atoms with Crippen LogP contribution in [0.4, 0.5) is 11.6 Å². The molecule has 1 fully saturated rings. The van der Waals surface area contributed by atoms with Crippen LogP contribution in [0.2, 0.25) is 0 Å². The summed E-state index contributed by atoms with van der Waals surface area (Å²) < 4.78 is 0. The number of aromatic nitrogens is 2. The second kappa shape index (κ2) is 9.86. The van der Waals surface area contributed by atoms with Gasteiger partial charge in [0.2, 0.25) is 11.9 Å². The number of aliphatic imine (C=N–C) groups is 1. The number of benzene rings is 1. The SMILES string of the molecule is CN=C(NCc1ccc(NC(=O)C(C)C)cc1)N1CCN(c2ncccn2)CC1. The molecule has 2 N–H and O–H groups in total. The normalized spacial score (nSPS) is 14.8. The van der Waals surface area contributed by atoms with Gasteiger partial charge in [-0.25, -0.2) is 9.97 Å². The van der Waals surface area contributed by atoms with Crippen molar-refractivity contribution in [1.29, 1.82) is 0 Å². The first-order valence-corrected chi connectivity index (χ1v) is 9.94. The molecule has 8 heteroatoms. The van der Waals surface area contributed by atoms with Gasteiger partial charge in [0, 0.05) is 63.8 Å². The van der Waals surface area contributed by atoms with Crippen molar-refractivity contribution in [3.63, 3.8) is 0 Å². The highest BCUT2D eigenvalue weighted by molar-refractivity contribution is 5.92. The van der Waals surface area contributed by atoms with E-state index in [1.165, 1.54) is 0 Å². The molecule has 1 saturated heterocycles. The third kappa shape index (κ3) is 5.66. The van der Waals surface area contributed by atoms with E-state index in [1.807, 2.05) is 44.2 Å². The second-order valence-electron chi connectivity index (χ2n) is 7.26. The number of nitrogens with one attached hydrogen (secondary N) is 2. The van der Waals surface area contributed by atoms with Crippen molar-refractivity contribution in [2.24, 2.45) is 10.9 Å². The molecule has 2 aromatic rings. The Morgan fingerprint density at radius 3 is 2.34 bits per heavy atom. The van der Waals surface area contributed by atoms with Crippen LogP contribution in [0.5, 0.6) is 0 Å². The summed E-state index contributed by atoms with van der Waals surface area (Å²) in [6.07, 6.45) is 3.55. The summed E-state index contributed by atoms with van der Waals surface area (Å²) in [5.74, 6) is 1.65. The highest BCUT2D eigenvalue weighted by Crippen LogP contribution is 2.12. The Hall–Kier alpha value is -3.16. The highest BCUT2D eigenvalue weighted by atomic mass is 16.1. The molecule has 1 amide bonds. The number of piperazine rings is 1. The third-order valence-electron chi connectivity index (χ3n) is 4.82. The second-order valence-corrected chi connectivity index (χ2v) is 7.26. The lowest BCUT2D eigenvalue weighted by molar-refractivity contribution is -0.118. The number of carbonyl (C=O) groups is 1. The predicted molar refractivity (Wildman–Crippen MR) is 116 cm³/mol. The van der Waals surface area contributed by atoms with Gasteiger partial charge >= 0.3 is 0 Å². The zero-order valence-corrected chi connectivity index (χ0v) is 17.3. The molecule has 1 aromatic carbocycles. The summed E-state index contributed by atoms with van der Waals surface area (Å²) in [6.45, 7) is 7.87. The van der Waals surface area contributed by atoms with E-state index < -0.39 is 0 Å². The van der Waals surface area contributed by atoms with Crippen LogP contribution in [0.15, 0.2) is 47.7 Å². The third-order valence-corrected chi connectivity index (χ3v) is 4.82. The average molecular weight is 396 g/mol. The van der Waals surface area contributed by atoms with Gasteiger partial charge < -0.3 is 20.4 Å². The van der Waals surface area contributed by atoms with E-state index in [1.54, 1.807) is 19.4 Å². The van der Waals surface area contributed by atoms with Crippen LogP contribution in [0, 0.1) is 5.92 Å². The molecule has 154 valence electrons. The molecule has 0 saturated carbocycles. The fourth-order valence-electron chi connectivity index (χ4n) is 3.08. The van der Waals surface area contributed by atoms with E-state index in [0.717, 1.165) is 49.3 Å². The van der Waals surface area contributed by atoms with E-state index >= 15 is 0 Å². The number of hydrogen-bond acceptors (Lipinski definition) is 5. The molecule has 8 nitrogen and oxygen atoms in total. The minimum absolute atomic E-state index is 0.0244. The van der Waals surface area contributed by atoms with Gasteiger partial charge in [-0.1, -0.05) is 26.0 Å². The molecule has 2 heterocycles. The molecule has 0 radical (unpaired) electrons. The Bertz CT molecular complexity index is 813. The van der Waals surface area contributed by atoms with Crippen LogP contribution >= 0.6 is 0 Å². The first kappa shape index (κ1) is 20.6. The maximum atomic E-state index is 11.8. The van der Waals surface area contributed by atoms with Crippen molar-refractivity contribution in [2.75, 3.05) is 43.4 Å². The van der Waals surface area contributed by atoms with Crippen LogP contribution in [0.3, 0.4) is 0 Å². The summed E-state index contributed by atoms with van der Waals surface area (Å²) in [5, 5.41) is 6.34. The van der Waals surface area contributed by atoms with E-state index in [4.69, 9.17) is 0 Å². The topological polar surface area (TPSA) is 85.8 Å². The molecule has 1 aliphatic heterocycles. The summed E-state index contributed by atoms with van der Waals surface area (Å²) in [5.41, 5.74) is 1.95. The molecule has 0 spiro atoms. The van der Waals surface area contributed by atoms with E-state index in [9.17, 15) is 4.79 Å². The van der Waals surface area contributed by atoms with Gasteiger partial charge in [-0.15, -0.1) is 0 Å². The number of carbonyl (C=O) groups excluding carboxylic acids is 1. The highest BCUT2D eigenvalue weighted by Gasteiger charge is 2.21. The van der Waals surface area contributed by atoms with Crippen molar-refractivity contribution < 1.29 is 4.79 Å². The summed E-state index contributed by atoms with van der Waals surface area (Å²) in [4.78, 5) is 29.3. The minimum atomic E-state index is -0.0337. The lowest BCUT2D eigenvalue weighted by Crippen LogP contribution is -2.52.